The summed E-state index contributed by atoms with van der Waals surface area (Å²) in [4.78, 5) is 29.0. The Kier molecular flexibility index (Phi) is 11.5. The number of anilines is 1. The number of sulfonamides is 1. The Hall–Kier alpha value is -3.72. The monoisotopic (exact) mass is 581 g/mol. The Labute approximate surface area is 243 Å². The van der Waals surface area contributed by atoms with Crippen LogP contribution in [-0.2, 0) is 32.6 Å². The van der Waals surface area contributed by atoms with Crippen LogP contribution in [0.5, 0.6) is 0 Å². The predicted octanol–water partition coefficient (Wildman–Crippen LogP) is 5.09. The maximum Gasteiger partial charge on any atom is 0.243 e. The second kappa shape index (κ2) is 14.8. The van der Waals surface area contributed by atoms with Crippen LogP contribution in [0, 0.1) is 18.7 Å². The highest BCUT2D eigenvalue weighted by molar-refractivity contribution is 7.92. The third kappa shape index (κ3) is 9.70. The molecule has 0 aromatic heterocycles. The van der Waals surface area contributed by atoms with Crippen LogP contribution in [0.4, 0.5) is 10.1 Å². The topological polar surface area (TPSA) is 86.8 Å². The fraction of sp³-hybridized carbons (Fsp3) is 0.375. The molecule has 0 aliphatic carbocycles. The van der Waals surface area contributed by atoms with Gasteiger partial charge in [0, 0.05) is 32.5 Å². The van der Waals surface area contributed by atoms with E-state index < -0.39 is 21.9 Å². The van der Waals surface area contributed by atoms with Crippen molar-refractivity contribution < 1.29 is 22.4 Å². The quantitative estimate of drug-likeness (QED) is 0.287. The molecule has 0 saturated heterocycles. The van der Waals surface area contributed by atoms with E-state index in [9.17, 15) is 22.4 Å². The van der Waals surface area contributed by atoms with Gasteiger partial charge in [0.2, 0.25) is 21.8 Å². The third-order valence-corrected chi connectivity index (χ3v) is 7.88. The van der Waals surface area contributed by atoms with Crippen molar-refractivity contribution in [2.24, 2.45) is 5.92 Å². The summed E-state index contributed by atoms with van der Waals surface area (Å²) in [5.74, 6) is -0.951. The minimum absolute atomic E-state index is 0.0188. The molecule has 0 unspecified atom stereocenters. The first-order chi connectivity index (χ1) is 19.5. The lowest BCUT2D eigenvalue weighted by Gasteiger charge is -2.32. The Morgan fingerprint density at radius 1 is 0.902 bits per heavy atom. The van der Waals surface area contributed by atoms with E-state index in [1.165, 1.54) is 18.2 Å². The van der Waals surface area contributed by atoms with Crippen LogP contribution in [0.2, 0.25) is 0 Å². The zero-order valence-electron chi connectivity index (χ0n) is 24.2. The molecule has 0 heterocycles. The smallest absolute Gasteiger partial charge is 0.243 e. The molecule has 7 nitrogen and oxygen atoms in total. The van der Waals surface area contributed by atoms with E-state index in [1.54, 1.807) is 11.0 Å². The second-order valence-corrected chi connectivity index (χ2v) is 12.6. The summed E-state index contributed by atoms with van der Waals surface area (Å²) in [6.45, 7) is 6.60. The lowest BCUT2D eigenvalue weighted by Crippen LogP contribution is -2.51. The number of benzene rings is 3. The molecule has 1 atom stereocenters. The maximum absolute atomic E-state index is 14.5. The molecule has 41 heavy (non-hydrogen) atoms. The molecule has 2 amide bonds. The Balaban J connectivity index is 1.88. The molecule has 3 rings (SSSR count). The summed E-state index contributed by atoms with van der Waals surface area (Å²) in [5, 5.41) is 2.99. The van der Waals surface area contributed by atoms with Crippen LogP contribution < -0.4 is 9.62 Å². The highest BCUT2D eigenvalue weighted by Crippen LogP contribution is 2.23. The van der Waals surface area contributed by atoms with E-state index in [0.29, 0.717) is 13.0 Å². The number of hydrogen-bond acceptors (Lipinski definition) is 4. The van der Waals surface area contributed by atoms with E-state index in [1.807, 2.05) is 75.4 Å². The van der Waals surface area contributed by atoms with Gasteiger partial charge in [0.25, 0.3) is 0 Å². The van der Waals surface area contributed by atoms with E-state index in [4.69, 9.17) is 0 Å². The van der Waals surface area contributed by atoms with Gasteiger partial charge in [-0.05, 0) is 42.5 Å². The molecule has 9 heteroatoms. The highest BCUT2D eigenvalue weighted by Gasteiger charge is 2.30. The second-order valence-electron chi connectivity index (χ2n) is 10.7. The van der Waals surface area contributed by atoms with Gasteiger partial charge in [-0.15, -0.1) is 0 Å². The van der Waals surface area contributed by atoms with Gasteiger partial charge in [-0.25, -0.2) is 12.8 Å². The van der Waals surface area contributed by atoms with Gasteiger partial charge >= 0.3 is 0 Å². The molecule has 1 N–H and O–H groups in total. The molecule has 0 spiro atoms. The van der Waals surface area contributed by atoms with Crippen LogP contribution in [0.25, 0.3) is 0 Å². The van der Waals surface area contributed by atoms with E-state index in [-0.39, 0.29) is 49.4 Å². The molecule has 3 aromatic rings. The molecular formula is C32H40FN3O4S. The number of carbonyl (C=O) groups excluding carboxylic acids is 2. The number of amides is 2. The van der Waals surface area contributed by atoms with Crippen LogP contribution in [0.15, 0.2) is 78.9 Å². The minimum Gasteiger partial charge on any atom is -0.354 e. The summed E-state index contributed by atoms with van der Waals surface area (Å²) in [6.07, 6.45) is 1.47. The number of aryl methyl sites for hydroxylation is 1. The van der Waals surface area contributed by atoms with Gasteiger partial charge in [0.15, 0.2) is 0 Å². The van der Waals surface area contributed by atoms with Crippen molar-refractivity contribution in [1.29, 1.82) is 0 Å². The van der Waals surface area contributed by atoms with Gasteiger partial charge in [-0.1, -0.05) is 86.1 Å². The largest absolute Gasteiger partial charge is 0.354 e. The van der Waals surface area contributed by atoms with Gasteiger partial charge in [-0.3, -0.25) is 13.9 Å². The number of hydrogen-bond donors (Lipinski definition) is 1. The minimum atomic E-state index is -3.79. The Morgan fingerprint density at radius 3 is 2.15 bits per heavy atom. The number of carbonyl (C=O) groups is 2. The Bertz CT molecular complexity index is 1400. The number of nitrogens with one attached hydrogen (secondary N) is 1. The molecule has 0 fully saturated rings. The first-order valence-electron chi connectivity index (χ1n) is 13.8. The number of rotatable bonds is 14. The lowest BCUT2D eigenvalue weighted by atomic mass is 10.0. The standard InChI is InChI=1S/C32H40FN3O4S/c1-24(2)22-34-32(38)30(21-26-11-6-5-7-12-26)35(23-27-18-16-25(3)17-19-27)31(37)15-10-20-36(41(4,39)40)29-14-9-8-13-28(29)33/h5-9,11-14,16-19,24,30H,10,15,20-23H2,1-4H3,(H,34,38)/t30-/m0/s1. The summed E-state index contributed by atoms with van der Waals surface area (Å²) in [6, 6.07) is 22.2. The molecule has 3 aromatic carbocycles. The third-order valence-electron chi connectivity index (χ3n) is 6.70. The van der Waals surface area contributed by atoms with Crippen molar-refractivity contribution in [3.8, 4) is 0 Å². The number of halogens is 1. The van der Waals surface area contributed by atoms with Gasteiger partial charge < -0.3 is 10.2 Å². The summed E-state index contributed by atoms with van der Waals surface area (Å²) in [7, 11) is -3.79. The summed E-state index contributed by atoms with van der Waals surface area (Å²) < 4.78 is 40.4. The molecule has 0 bridgehead atoms. The lowest BCUT2D eigenvalue weighted by molar-refractivity contribution is -0.141. The van der Waals surface area contributed by atoms with E-state index in [0.717, 1.165) is 27.3 Å². The molecule has 0 aliphatic heterocycles. The van der Waals surface area contributed by atoms with E-state index >= 15 is 0 Å². The van der Waals surface area contributed by atoms with Crippen molar-refractivity contribution in [2.75, 3.05) is 23.7 Å². The molecular weight excluding hydrogens is 541 g/mol. The van der Waals surface area contributed by atoms with Crippen molar-refractivity contribution in [3.63, 3.8) is 0 Å². The van der Waals surface area contributed by atoms with Gasteiger partial charge in [-0.2, -0.15) is 0 Å². The summed E-state index contributed by atoms with van der Waals surface area (Å²) in [5.41, 5.74) is 2.81. The Morgan fingerprint density at radius 2 is 1.54 bits per heavy atom. The zero-order chi connectivity index (χ0) is 30.0. The molecule has 0 aliphatic rings. The van der Waals surface area contributed by atoms with Crippen LogP contribution in [0.1, 0.15) is 43.4 Å². The fourth-order valence-corrected chi connectivity index (χ4v) is 5.47. The number of para-hydroxylation sites is 1. The average Bonchev–Trinajstić information content (AvgIpc) is 2.93. The van der Waals surface area contributed by atoms with Crippen molar-refractivity contribution >= 4 is 27.5 Å². The normalized spacial score (nSPS) is 12.1. The molecule has 0 saturated carbocycles. The zero-order valence-corrected chi connectivity index (χ0v) is 25.0. The van der Waals surface area contributed by atoms with Crippen molar-refractivity contribution in [1.82, 2.24) is 10.2 Å². The molecule has 220 valence electrons. The predicted molar refractivity (Wildman–Crippen MR) is 161 cm³/mol. The van der Waals surface area contributed by atoms with Gasteiger partial charge in [0.1, 0.15) is 11.9 Å². The van der Waals surface area contributed by atoms with Crippen LogP contribution in [0.3, 0.4) is 0 Å². The average molecular weight is 582 g/mol. The first-order valence-corrected chi connectivity index (χ1v) is 15.7. The van der Waals surface area contributed by atoms with Crippen LogP contribution in [-0.4, -0.2) is 50.5 Å². The SMILES string of the molecule is Cc1ccc(CN(C(=O)CCCN(c2ccccc2F)S(C)(=O)=O)[C@@H](Cc2ccccc2)C(=O)NCC(C)C)cc1. The van der Waals surface area contributed by atoms with Crippen molar-refractivity contribution in [2.45, 2.75) is 52.6 Å². The highest BCUT2D eigenvalue weighted by atomic mass is 32.2. The van der Waals surface area contributed by atoms with E-state index in [2.05, 4.69) is 5.32 Å². The molecule has 0 radical (unpaired) electrons. The maximum atomic E-state index is 14.5. The van der Waals surface area contributed by atoms with Crippen molar-refractivity contribution in [3.05, 3.63) is 101 Å². The fourth-order valence-electron chi connectivity index (χ4n) is 4.50. The number of nitrogens with zero attached hydrogens (tertiary/aromatic N) is 2. The first kappa shape index (κ1) is 31.8. The van der Waals surface area contributed by atoms with Gasteiger partial charge in [0.05, 0.1) is 11.9 Å². The van der Waals surface area contributed by atoms with Crippen LogP contribution >= 0.6 is 0 Å². The summed E-state index contributed by atoms with van der Waals surface area (Å²) >= 11 is 0.